The fourth-order valence-electron chi connectivity index (χ4n) is 1.95. The largest absolute Gasteiger partial charge is 0.368 e. The zero-order valence-corrected chi connectivity index (χ0v) is 13.0. The van der Waals surface area contributed by atoms with Crippen LogP contribution in [0.1, 0.15) is 13.3 Å². The number of aromatic nitrogens is 1. The molecule has 1 heterocycles. The molecule has 0 bridgehead atoms. The number of halogens is 1. The maximum absolute atomic E-state index is 11.2. The van der Waals surface area contributed by atoms with Crippen molar-refractivity contribution in [2.24, 2.45) is 0 Å². The lowest BCUT2D eigenvalue weighted by Crippen LogP contribution is -2.20. The monoisotopic (exact) mass is 312 g/mol. The molecule has 6 heteroatoms. The molecule has 1 N–H and O–H groups in total. The van der Waals surface area contributed by atoms with E-state index in [0.717, 1.165) is 10.8 Å². The lowest BCUT2D eigenvalue weighted by atomic mass is 10.2. The molecule has 0 aliphatic rings. The maximum atomic E-state index is 11.2. The summed E-state index contributed by atoms with van der Waals surface area (Å²) in [7, 11) is -2.94. The van der Waals surface area contributed by atoms with Crippen LogP contribution in [-0.2, 0) is 9.84 Å². The number of anilines is 1. The maximum Gasteiger partial charge on any atom is 0.147 e. The number of hydrogen-bond acceptors (Lipinski definition) is 4. The van der Waals surface area contributed by atoms with Crippen molar-refractivity contribution in [3.8, 4) is 0 Å². The minimum Gasteiger partial charge on any atom is -0.368 e. The molecule has 0 saturated carbocycles. The Morgan fingerprint density at radius 2 is 2.05 bits per heavy atom. The van der Waals surface area contributed by atoms with Gasteiger partial charge in [-0.05, 0) is 24.8 Å². The van der Waals surface area contributed by atoms with Crippen LogP contribution in [0.5, 0.6) is 0 Å². The standard InChI is InChI=1S/C14H17ClN2O2S/c1-10(7-8-20(2,18)19)16-13-9-11-5-3-4-6-12(11)14(15)17-13/h3-6,9-10H,7-8H2,1-2H3,(H,16,17). The molecule has 0 spiro atoms. The Morgan fingerprint density at radius 1 is 1.35 bits per heavy atom. The number of fused-ring (bicyclic) bond motifs is 1. The van der Waals surface area contributed by atoms with Crippen molar-refractivity contribution in [1.29, 1.82) is 0 Å². The molecule has 0 aliphatic carbocycles. The lowest BCUT2D eigenvalue weighted by Gasteiger charge is -2.14. The average molecular weight is 313 g/mol. The first kappa shape index (κ1) is 15.1. The summed E-state index contributed by atoms with van der Waals surface area (Å²) in [4.78, 5) is 4.29. The second-order valence-corrected chi connectivity index (χ2v) is 7.60. The van der Waals surface area contributed by atoms with Crippen LogP contribution in [0.15, 0.2) is 30.3 Å². The first-order valence-electron chi connectivity index (χ1n) is 6.35. The van der Waals surface area contributed by atoms with Crippen LogP contribution < -0.4 is 5.32 Å². The van der Waals surface area contributed by atoms with Gasteiger partial charge in [-0.15, -0.1) is 0 Å². The van der Waals surface area contributed by atoms with Gasteiger partial charge in [0.05, 0.1) is 5.75 Å². The second-order valence-electron chi connectivity index (χ2n) is 4.98. The number of sulfone groups is 1. The molecule has 1 aromatic carbocycles. The van der Waals surface area contributed by atoms with Crippen LogP contribution >= 0.6 is 11.6 Å². The molecule has 0 radical (unpaired) electrons. The van der Waals surface area contributed by atoms with Gasteiger partial charge in [-0.3, -0.25) is 0 Å². The molecule has 0 fully saturated rings. The normalized spacial score (nSPS) is 13.3. The van der Waals surface area contributed by atoms with E-state index in [4.69, 9.17) is 11.6 Å². The molecular weight excluding hydrogens is 296 g/mol. The third-order valence-corrected chi connectivity index (χ3v) is 4.28. The van der Waals surface area contributed by atoms with Crippen LogP contribution in [0.25, 0.3) is 10.8 Å². The molecule has 1 aromatic heterocycles. The molecule has 0 amide bonds. The van der Waals surface area contributed by atoms with E-state index in [-0.39, 0.29) is 11.8 Å². The number of hydrogen-bond donors (Lipinski definition) is 1. The Kier molecular flexibility index (Phi) is 4.50. The quantitative estimate of drug-likeness (QED) is 0.862. The minimum atomic E-state index is -2.94. The van der Waals surface area contributed by atoms with Crippen LogP contribution in [0.2, 0.25) is 5.15 Å². The van der Waals surface area contributed by atoms with Gasteiger partial charge in [0.1, 0.15) is 20.8 Å². The van der Waals surface area contributed by atoms with Gasteiger partial charge in [0, 0.05) is 17.7 Å². The number of benzene rings is 1. The Morgan fingerprint density at radius 3 is 2.75 bits per heavy atom. The van der Waals surface area contributed by atoms with Gasteiger partial charge in [0.15, 0.2) is 0 Å². The van der Waals surface area contributed by atoms with E-state index in [9.17, 15) is 8.42 Å². The fourth-order valence-corrected chi connectivity index (χ4v) is 2.99. The van der Waals surface area contributed by atoms with Gasteiger partial charge < -0.3 is 5.32 Å². The third kappa shape index (κ3) is 4.08. The van der Waals surface area contributed by atoms with E-state index < -0.39 is 9.84 Å². The molecular formula is C14H17ClN2O2S. The van der Waals surface area contributed by atoms with Gasteiger partial charge in [0.2, 0.25) is 0 Å². The summed E-state index contributed by atoms with van der Waals surface area (Å²) < 4.78 is 22.3. The van der Waals surface area contributed by atoms with E-state index >= 15 is 0 Å². The predicted octanol–water partition coefficient (Wildman–Crippen LogP) is 3.12. The smallest absolute Gasteiger partial charge is 0.147 e. The first-order chi connectivity index (χ1) is 9.35. The molecule has 2 rings (SSSR count). The zero-order valence-electron chi connectivity index (χ0n) is 11.4. The van der Waals surface area contributed by atoms with Gasteiger partial charge in [0.25, 0.3) is 0 Å². The molecule has 1 atom stereocenters. The van der Waals surface area contributed by atoms with Crippen LogP contribution in [0.4, 0.5) is 5.82 Å². The molecule has 108 valence electrons. The highest BCUT2D eigenvalue weighted by Crippen LogP contribution is 2.24. The highest BCUT2D eigenvalue weighted by Gasteiger charge is 2.10. The number of rotatable bonds is 5. The van der Waals surface area contributed by atoms with Crippen molar-refractivity contribution in [3.05, 3.63) is 35.5 Å². The SMILES string of the molecule is CC(CCS(C)(=O)=O)Nc1cc2ccccc2c(Cl)n1. The van der Waals surface area contributed by atoms with Crippen LogP contribution in [-0.4, -0.2) is 31.5 Å². The summed E-state index contributed by atoms with van der Waals surface area (Å²) >= 11 is 6.15. The fraction of sp³-hybridized carbons (Fsp3) is 0.357. The van der Waals surface area contributed by atoms with E-state index in [1.54, 1.807) is 0 Å². The minimum absolute atomic E-state index is 0.00875. The topological polar surface area (TPSA) is 59.1 Å². The average Bonchev–Trinajstić information content (AvgIpc) is 2.36. The van der Waals surface area contributed by atoms with Crippen molar-refractivity contribution < 1.29 is 8.42 Å². The van der Waals surface area contributed by atoms with Crippen LogP contribution in [0, 0.1) is 0 Å². The van der Waals surface area contributed by atoms with Gasteiger partial charge in [-0.2, -0.15) is 0 Å². The molecule has 0 aliphatic heterocycles. The van der Waals surface area contributed by atoms with E-state index in [0.29, 0.717) is 17.4 Å². The first-order valence-corrected chi connectivity index (χ1v) is 8.78. The second kappa shape index (κ2) is 5.97. The molecule has 1 unspecified atom stereocenters. The summed E-state index contributed by atoms with van der Waals surface area (Å²) in [6.07, 6.45) is 1.77. The highest BCUT2D eigenvalue weighted by molar-refractivity contribution is 7.90. The van der Waals surface area contributed by atoms with E-state index in [1.165, 1.54) is 6.26 Å². The summed E-state index contributed by atoms with van der Waals surface area (Å²) in [6, 6.07) is 9.66. The number of pyridine rings is 1. The van der Waals surface area contributed by atoms with Gasteiger partial charge >= 0.3 is 0 Å². The summed E-state index contributed by atoms with van der Waals surface area (Å²) in [6.45, 7) is 1.93. The Bertz CT molecular complexity index is 716. The lowest BCUT2D eigenvalue weighted by molar-refractivity contribution is 0.595. The molecule has 20 heavy (non-hydrogen) atoms. The Balaban J connectivity index is 2.13. The summed E-state index contributed by atoms with van der Waals surface area (Å²) in [5.41, 5.74) is 0. The summed E-state index contributed by atoms with van der Waals surface area (Å²) in [5, 5.41) is 5.54. The van der Waals surface area contributed by atoms with Crippen molar-refractivity contribution >= 4 is 38.0 Å². The summed E-state index contributed by atoms with van der Waals surface area (Å²) in [5.74, 6) is 0.817. The van der Waals surface area contributed by atoms with Crippen LogP contribution in [0.3, 0.4) is 0 Å². The molecule has 0 saturated heterocycles. The van der Waals surface area contributed by atoms with Crippen molar-refractivity contribution in [2.45, 2.75) is 19.4 Å². The van der Waals surface area contributed by atoms with Gasteiger partial charge in [-0.25, -0.2) is 13.4 Å². The van der Waals surface area contributed by atoms with E-state index in [2.05, 4.69) is 10.3 Å². The Labute approximate surface area is 124 Å². The predicted molar refractivity (Wildman–Crippen MR) is 84.2 cm³/mol. The van der Waals surface area contributed by atoms with Crippen molar-refractivity contribution in [3.63, 3.8) is 0 Å². The highest BCUT2D eigenvalue weighted by atomic mass is 35.5. The third-order valence-electron chi connectivity index (χ3n) is 3.01. The van der Waals surface area contributed by atoms with Crippen molar-refractivity contribution in [1.82, 2.24) is 4.98 Å². The number of nitrogens with one attached hydrogen (secondary N) is 1. The zero-order chi connectivity index (χ0) is 14.8. The van der Waals surface area contributed by atoms with Crippen molar-refractivity contribution in [2.75, 3.05) is 17.3 Å². The molecule has 4 nitrogen and oxygen atoms in total. The number of nitrogens with zero attached hydrogens (tertiary/aromatic N) is 1. The van der Waals surface area contributed by atoms with Gasteiger partial charge in [-0.1, -0.05) is 35.9 Å². The molecule has 2 aromatic rings. The Hall–Kier alpha value is -1.33. The van der Waals surface area contributed by atoms with E-state index in [1.807, 2.05) is 37.3 Å².